The van der Waals surface area contributed by atoms with Gasteiger partial charge in [0.15, 0.2) is 0 Å². The van der Waals surface area contributed by atoms with Crippen LogP contribution < -0.4 is 4.90 Å². The smallest absolute Gasteiger partial charge is 0.0440 e. The van der Waals surface area contributed by atoms with Crippen LogP contribution in [0.3, 0.4) is 0 Å². The Labute approximate surface area is 103 Å². The number of rotatable bonds is 0. The van der Waals surface area contributed by atoms with Crippen LogP contribution in [0.4, 0.5) is 5.69 Å². The summed E-state index contributed by atoms with van der Waals surface area (Å²) in [5.74, 6) is 0. The summed E-state index contributed by atoms with van der Waals surface area (Å²) in [6, 6.07) is 8.58. The fraction of sp³-hybridized carbons (Fsp3) is 0.250. The third kappa shape index (κ3) is 1.93. The summed E-state index contributed by atoms with van der Waals surface area (Å²) in [6.45, 7) is 1.01. The van der Waals surface area contributed by atoms with Gasteiger partial charge in [-0.15, -0.1) is 0 Å². The van der Waals surface area contributed by atoms with E-state index < -0.39 is 0 Å². The lowest BCUT2D eigenvalue weighted by Crippen LogP contribution is -2.23. The van der Waals surface area contributed by atoms with Crippen molar-refractivity contribution in [3.63, 3.8) is 0 Å². The molecule has 3 rings (SSSR count). The van der Waals surface area contributed by atoms with Crippen LogP contribution in [0.5, 0.6) is 0 Å². The first-order valence-electron chi connectivity index (χ1n) is 6.22. The first kappa shape index (κ1) is 10.4. The second-order valence-electron chi connectivity index (χ2n) is 4.71. The van der Waals surface area contributed by atoms with E-state index in [1.54, 1.807) is 0 Å². The molecule has 0 fully saturated rings. The summed E-state index contributed by atoms with van der Waals surface area (Å²) in [5, 5.41) is 0. The van der Waals surface area contributed by atoms with Crippen molar-refractivity contribution in [3.05, 3.63) is 59.2 Å². The molecule has 1 heterocycles. The van der Waals surface area contributed by atoms with E-state index >= 15 is 0 Å². The average molecular weight is 223 g/mol. The van der Waals surface area contributed by atoms with E-state index in [9.17, 15) is 0 Å². The van der Waals surface area contributed by atoms with Crippen LogP contribution in [0.25, 0.3) is 6.08 Å². The van der Waals surface area contributed by atoms with Crippen LogP contribution in [0, 0.1) is 0 Å². The molecule has 1 heteroatoms. The molecule has 0 atom stereocenters. The predicted molar refractivity (Wildman–Crippen MR) is 74.1 cm³/mol. The molecule has 1 aliphatic heterocycles. The van der Waals surface area contributed by atoms with Crippen LogP contribution in [-0.4, -0.2) is 13.6 Å². The molecule has 17 heavy (non-hydrogen) atoms. The summed E-state index contributed by atoms with van der Waals surface area (Å²) in [4.78, 5) is 2.34. The molecule has 0 saturated carbocycles. The molecule has 0 unspecified atom stereocenters. The Morgan fingerprint density at radius 3 is 2.76 bits per heavy atom. The summed E-state index contributed by atoms with van der Waals surface area (Å²) in [5.41, 5.74) is 5.48. The van der Waals surface area contributed by atoms with E-state index in [1.165, 1.54) is 35.2 Å². The molecule has 0 bridgehead atoms. The van der Waals surface area contributed by atoms with Crippen LogP contribution in [0.15, 0.2) is 53.6 Å². The van der Waals surface area contributed by atoms with Gasteiger partial charge in [-0.2, -0.15) is 0 Å². The molecule has 0 saturated heterocycles. The Morgan fingerprint density at radius 1 is 1.00 bits per heavy atom. The highest BCUT2D eigenvalue weighted by Crippen LogP contribution is 2.29. The number of fused-ring (bicyclic) bond motifs is 2. The van der Waals surface area contributed by atoms with Gasteiger partial charge in [-0.3, -0.25) is 0 Å². The fourth-order valence-electron chi connectivity index (χ4n) is 2.57. The van der Waals surface area contributed by atoms with Crippen molar-refractivity contribution >= 4 is 11.8 Å². The zero-order chi connectivity index (χ0) is 11.7. The minimum Gasteiger partial charge on any atom is -0.370 e. The SMILES string of the molecule is CN1CC2=CCCC=C2/C=C\c2ccccc21. The number of nitrogens with zero attached hydrogens (tertiary/aromatic N) is 1. The Hall–Kier alpha value is -1.76. The molecule has 1 aliphatic carbocycles. The Kier molecular flexibility index (Phi) is 2.60. The number of hydrogen-bond acceptors (Lipinski definition) is 1. The van der Waals surface area contributed by atoms with Crippen LogP contribution in [0.1, 0.15) is 18.4 Å². The molecule has 2 aliphatic rings. The topological polar surface area (TPSA) is 3.24 Å². The van der Waals surface area contributed by atoms with Crippen LogP contribution in [0.2, 0.25) is 0 Å². The second-order valence-corrected chi connectivity index (χ2v) is 4.71. The first-order chi connectivity index (χ1) is 8.34. The largest absolute Gasteiger partial charge is 0.370 e. The number of likely N-dealkylation sites (N-methyl/N-ethyl adjacent to an activating group) is 1. The summed E-state index contributed by atoms with van der Waals surface area (Å²) in [7, 11) is 2.17. The van der Waals surface area contributed by atoms with Gasteiger partial charge in [0.25, 0.3) is 0 Å². The maximum absolute atomic E-state index is 2.38. The number of allylic oxidation sites excluding steroid dienone is 3. The van der Waals surface area contributed by atoms with Crippen molar-refractivity contribution in [2.45, 2.75) is 12.8 Å². The third-order valence-corrected chi connectivity index (χ3v) is 3.49. The Balaban J connectivity index is 2.09. The molecule has 0 spiro atoms. The lowest BCUT2D eigenvalue weighted by atomic mass is 9.94. The number of hydrogen-bond donors (Lipinski definition) is 0. The molecule has 0 aromatic heterocycles. The molecule has 1 nitrogen and oxygen atoms in total. The second kappa shape index (κ2) is 4.25. The quantitative estimate of drug-likeness (QED) is 0.646. The third-order valence-electron chi connectivity index (χ3n) is 3.49. The van der Waals surface area contributed by atoms with E-state index in [1.807, 2.05) is 0 Å². The van der Waals surface area contributed by atoms with Crippen molar-refractivity contribution in [1.29, 1.82) is 0 Å². The number of benzene rings is 1. The summed E-state index contributed by atoms with van der Waals surface area (Å²) < 4.78 is 0. The van der Waals surface area contributed by atoms with Gasteiger partial charge in [-0.05, 0) is 35.6 Å². The van der Waals surface area contributed by atoms with E-state index in [-0.39, 0.29) is 0 Å². The van der Waals surface area contributed by atoms with E-state index in [0.29, 0.717) is 0 Å². The minimum atomic E-state index is 1.01. The normalized spacial score (nSPS) is 20.4. The Bertz CT molecular complexity index is 520. The van der Waals surface area contributed by atoms with Gasteiger partial charge in [-0.25, -0.2) is 0 Å². The zero-order valence-electron chi connectivity index (χ0n) is 10.2. The molecule has 0 amide bonds. The highest BCUT2D eigenvalue weighted by Gasteiger charge is 2.14. The maximum Gasteiger partial charge on any atom is 0.0440 e. The average Bonchev–Trinajstić information content (AvgIpc) is 2.36. The highest BCUT2D eigenvalue weighted by atomic mass is 15.1. The molecule has 0 N–H and O–H groups in total. The Morgan fingerprint density at radius 2 is 1.82 bits per heavy atom. The van der Waals surface area contributed by atoms with Gasteiger partial charge >= 0.3 is 0 Å². The van der Waals surface area contributed by atoms with Crippen molar-refractivity contribution in [2.24, 2.45) is 0 Å². The molecule has 1 aromatic carbocycles. The minimum absolute atomic E-state index is 1.01. The van der Waals surface area contributed by atoms with Crippen LogP contribution in [-0.2, 0) is 0 Å². The standard InChI is InChI=1S/C16H17N/c1-17-12-15-8-3-2-6-13(15)10-11-14-7-4-5-9-16(14)17/h4-11H,2-3,12H2,1H3/b11-10-. The van der Waals surface area contributed by atoms with E-state index in [0.717, 1.165) is 6.54 Å². The molecular formula is C16H17N. The van der Waals surface area contributed by atoms with Gasteiger partial charge < -0.3 is 4.90 Å². The fourth-order valence-corrected chi connectivity index (χ4v) is 2.57. The van der Waals surface area contributed by atoms with Crippen molar-refractivity contribution < 1.29 is 0 Å². The molecular weight excluding hydrogens is 206 g/mol. The number of anilines is 1. The van der Waals surface area contributed by atoms with Gasteiger partial charge in [0.2, 0.25) is 0 Å². The van der Waals surface area contributed by atoms with Crippen molar-refractivity contribution in [1.82, 2.24) is 0 Å². The monoisotopic (exact) mass is 223 g/mol. The molecule has 1 aromatic rings. The predicted octanol–water partition coefficient (Wildman–Crippen LogP) is 3.80. The van der Waals surface area contributed by atoms with Gasteiger partial charge in [-0.1, -0.05) is 42.5 Å². The van der Waals surface area contributed by atoms with E-state index in [4.69, 9.17) is 0 Å². The number of para-hydroxylation sites is 1. The van der Waals surface area contributed by atoms with Gasteiger partial charge in [0.1, 0.15) is 0 Å². The lowest BCUT2D eigenvalue weighted by Gasteiger charge is -2.26. The van der Waals surface area contributed by atoms with Crippen LogP contribution >= 0.6 is 0 Å². The summed E-state index contributed by atoms with van der Waals surface area (Å²) in [6.07, 6.45) is 11.6. The maximum atomic E-state index is 2.38. The van der Waals surface area contributed by atoms with E-state index in [2.05, 4.69) is 60.5 Å². The van der Waals surface area contributed by atoms with Gasteiger partial charge in [0, 0.05) is 19.3 Å². The molecule has 86 valence electrons. The lowest BCUT2D eigenvalue weighted by molar-refractivity contribution is 0.932. The molecule has 0 radical (unpaired) electrons. The first-order valence-corrected chi connectivity index (χ1v) is 6.22. The van der Waals surface area contributed by atoms with Gasteiger partial charge in [0.05, 0.1) is 0 Å². The zero-order valence-corrected chi connectivity index (χ0v) is 10.2. The van der Waals surface area contributed by atoms with Crippen molar-refractivity contribution in [3.8, 4) is 0 Å². The highest BCUT2D eigenvalue weighted by molar-refractivity contribution is 5.72. The van der Waals surface area contributed by atoms with Crippen molar-refractivity contribution in [2.75, 3.05) is 18.5 Å². The summed E-state index contributed by atoms with van der Waals surface area (Å²) >= 11 is 0.